The molecule has 1 aromatic heterocycles. The van der Waals surface area contributed by atoms with Crippen LogP contribution >= 0.6 is 27.5 Å². The normalized spacial score (nSPS) is 10.2. The Morgan fingerprint density at radius 2 is 2.19 bits per heavy atom. The molecule has 2 aromatic rings. The fraction of sp³-hybridized carbons (Fsp3) is 0.267. The van der Waals surface area contributed by atoms with Crippen LogP contribution in [0.4, 0.5) is 5.69 Å². The van der Waals surface area contributed by atoms with Crippen molar-refractivity contribution in [3.8, 4) is 11.8 Å². The molecule has 4 nitrogen and oxygen atoms in total. The van der Waals surface area contributed by atoms with Crippen LogP contribution in [-0.2, 0) is 13.6 Å². The number of aryl methyl sites for hydroxylation is 1. The van der Waals surface area contributed by atoms with E-state index in [0.29, 0.717) is 23.9 Å². The SMILES string of the molecule is CCOc1c(Br)cc(Cl)cc1NCc1cc(C#N)n(C)c1. The van der Waals surface area contributed by atoms with Crippen LogP contribution < -0.4 is 10.1 Å². The molecule has 0 amide bonds. The van der Waals surface area contributed by atoms with Gasteiger partial charge in [0.2, 0.25) is 0 Å². The third kappa shape index (κ3) is 3.72. The van der Waals surface area contributed by atoms with E-state index < -0.39 is 0 Å². The van der Waals surface area contributed by atoms with Crippen LogP contribution in [0.25, 0.3) is 0 Å². The second-order valence-corrected chi connectivity index (χ2v) is 5.80. The Morgan fingerprint density at radius 1 is 1.43 bits per heavy atom. The summed E-state index contributed by atoms with van der Waals surface area (Å²) >= 11 is 9.54. The van der Waals surface area contributed by atoms with Crippen molar-refractivity contribution in [3.63, 3.8) is 0 Å². The number of aromatic nitrogens is 1. The average molecular weight is 369 g/mol. The molecule has 1 heterocycles. The lowest BCUT2D eigenvalue weighted by Gasteiger charge is -2.14. The molecule has 21 heavy (non-hydrogen) atoms. The fourth-order valence-electron chi connectivity index (χ4n) is 2.02. The Labute approximate surface area is 137 Å². The van der Waals surface area contributed by atoms with Gasteiger partial charge >= 0.3 is 0 Å². The van der Waals surface area contributed by atoms with Gasteiger partial charge in [-0.1, -0.05) is 11.6 Å². The Kier molecular flexibility index (Phi) is 5.16. The van der Waals surface area contributed by atoms with Crippen molar-refractivity contribution < 1.29 is 4.74 Å². The first-order valence-corrected chi connectivity index (χ1v) is 7.63. The van der Waals surface area contributed by atoms with E-state index in [0.717, 1.165) is 21.5 Å². The number of nitrogens with zero attached hydrogens (tertiary/aromatic N) is 2. The first-order valence-electron chi connectivity index (χ1n) is 6.46. The number of anilines is 1. The molecule has 0 fully saturated rings. The monoisotopic (exact) mass is 367 g/mol. The smallest absolute Gasteiger partial charge is 0.156 e. The van der Waals surface area contributed by atoms with Gasteiger partial charge in [0.15, 0.2) is 5.75 Å². The fourth-order valence-corrected chi connectivity index (χ4v) is 2.95. The van der Waals surface area contributed by atoms with Crippen molar-refractivity contribution in [1.29, 1.82) is 5.26 Å². The van der Waals surface area contributed by atoms with Crippen molar-refractivity contribution in [1.82, 2.24) is 4.57 Å². The van der Waals surface area contributed by atoms with Gasteiger partial charge < -0.3 is 14.6 Å². The minimum Gasteiger partial charge on any atom is -0.491 e. The summed E-state index contributed by atoms with van der Waals surface area (Å²) in [5.41, 5.74) is 2.47. The third-order valence-electron chi connectivity index (χ3n) is 2.96. The molecule has 0 aliphatic heterocycles. The Morgan fingerprint density at radius 3 is 2.81 bits per heavy atom. The molecule has 110 valence electrons. The quantitative estimate of drug-likeness (QED) is 0.855. The second kappa shape index (κ2) is 6.88. The third-order valence-corrected chi connectivity index (χ3v) is 3.76. The number of hydrogen-bond donors (Lipinski definition) is 1. The van der Waals surface area contributed by atoms with Crippen LogP contribution in [0.5, 0.6) is 5.75 Å². The van der Waals surface area contributed by atoms with E-state index in [1.54, 1.807) is 10.6 Å². The van der Waals surface area contributed by atoms with Gasteiger partial charge in [-0.25, -0.2) is 0 Å². The van der Waals surface area contributed by atoms with Gasteiger partial charge in [-0.2, -0.15) is 5.26 Å². The maximum atomic E-state index is 8.97. The first kappa shape index (κ1) is 15.7. The van der Waals surface area contributed by atoms with Gasteiger partial charge in [0.1, 0.15) is 11.8 Å². The number of hydrogen-bond acceptors (Lipinski definition) is 3. The summed E-state index contributed by atoms with van der Waals surface area (Å²) in [6, 6.07) is 7.62. The lowest BCUT2D eigenvalue weighted by molar-refractivity contribution is 0.339. The zero-order valence-corrected chi connectivity index (χ0v) is 14.1. The highest BCUT2D eigenvalue weighted by atomic mass is 79.9. The summed E-state index contributed by atoms with van der Waals surface area (Å²) in [6.07, 6.45) is 1.92. The highest BCUT2D eigenvalue weighted by molar-refractivity contribution is 9.10. The molecule has 1 N–H and O–H groups in total. The number of rotatable bonds is 5. The van der Waals surface area contributed by atoms with Gasteiger partial charge in [-0.05, 0) is 46.6 Å². The summed E-state index contributed by atoms with van der Waals surface area (Å²) in [6.45, 7) is 3.09. The molecular weight excluding hydrogens is 354 g/mol. The van der Waals surface area contributed by atoms with Gasteiger partial charge in [0.05, 0.1) is 16.8 Å². The van der Waals surface area contributed by atoms with Crippen LogP contribution in [0.2, 0.25) is 5.02 Å². The van der Waals surface area contributed by atoms with E-state index in [9.17, 15) is 0 Å². The number of nitrogens with one attached hydrogen (secondary N) is 1. The van der Waals surface area contributed by atoms with Crippen LogP contribution in [0.3, 0.4) is 0 Å². The number of nitriles is 1. The van der Waals surface area contributed by atoms with Gasteiger partial charge in [-0.15, -0.1) is 0 Å². The largest absolute Gasteiger partial charge is 0.491 e. The van der Waals surface area contributed by atoms with E-state index in [-0.39, 0.29) is 0 Å². The highest BCUT2D eigenvalue weighted by Crippen LogP contribution is 2.36. The Bertz CT molecular complexity index is 691. The van der Waals surface area contributed by atoms with Crippen LogP contribution in [0, 0.1) is 11.3 Å². The molecule has 0 saturated carbocycles. The lowest BCUT2D eigenvalue weighted by Crippen LogP contribution is -2.03. The molecule has 0 spiro atoms. The van der Waals surface area contributed by atoms with Crippen molar-refractivity contribution in [3.05, 3.63) is 45.1 Å². The molecular formula is C15H15BrClN3O. The second-order valence-electron chi connectivity index (χ2n) is 4.51. The molecule has 0 unspecified atom stereocenters. The molecule has 1 aromatic carbocycles. The van der Waals surface area contributed by atoms with E-state index in [1.807, 2.05) is 32.3 Å². The number of halogens is 2. The summed E-state index contributed by atoms with van der Waals surface area (Å²) in [7, 11) is 1.85. The van der Waals surface area contributed by atoms with Crippen LogP contribution in [0.15, 0.2) is 28.9 Å². The Hall–Kier alpha value is -1.64. The molecule has 2 rings (SSSR count). The molecule has 0 saturated heterocycles. The predicted octanol–water partition coefficient (Wildman–Crippen LogP) is 4.32. The van der Waals surface area contributed by atoms with Crippen molar-refractivity contribution in [2.45, 2.75) is 13.5 Å². The number of benzene rings is 1. The topological polar surface area (TPSA) is 50.0 Å². The summed E-state index contributed by atoms with van der Waals surface area (Å²) in [5, 5.41) is 12.9. The van der Waals surface area contributed by atoms with Gasteiger partial charge in [0.25, 0.3) is 0 Å². The van der Waals surface area contributed by atoms with E-state index in [1.165, 1.54) is 0 Å². The average Bonchev–Trinajstić information content (AvgIpc) is 2.80. The van der Waals surface area contributed by atoms with Gasteiger partial charge in [0, 0.05) is 24.8 Å². The highest BCUT2D eigenvalue weighted by Gasteiger charge is 2.10. The summed E-state index contributed by atoms with van der Waals surface area (Å²) in [5.74, 6) is 0.735. The van der Waals surface area contributed by atoms with Crippen molar-refractivity contribution in [2.24, 2.45) is 7.05 Å². The summed E-state index contributed by atoms with van der Waals surface area (Å²) < 4.78 is 8.25. The molecule has 6 heteroatoms. The molecule has 0 aliphatic rings. The van der Waals surface area contributed by atoms with Crippen molar-refractivity contribution >= 4 is 33.2 Å². The maximum Gasteiger partial charge on any atom is 0.156 e. The zero-order valence-electron chi connectivity index (χ0n) is 11.8. The van der Waals surface area contributed by atoms with Crippen LogP contribution in [-0.4, -0.2) is 11.2 Å². The Balaban J connectivity index is 2.20. The van der Waals surface area contributed by atoms with Crippen LogP contribution in [0.1, 0.15) is 18.2 Å². The first-order chi connectivity index (χ1) is 10.0. The molecule has 0 bridgehead atoms. The standard InChI is InChI=1S/C15H15BrClN3O/c1-3-21-15-13(16)5-11(17)6-14(15)19-8-10-4-12(7-18)20(2)9-10/h4-6,9,19H,3,8H2,1-2H3. The molecule has 0 aliphatic carbocycles. The van der Waals surface area contributed by atoms with E-state index in [4.69, 9.17) is 21.6 Å². The maximum absolute atomic E-state index is 8.97. The lowest BCUT2D eigenvalue weighted by atomic mass is 10.2. The molecule has 0 atom stereocenters. The van der Waals surface area contributed by atoms with E-state index >= 15 is 0 Å². The summed E-state index contributed by atoms with van der Waals surface area (Å²) in [4.78, 5) is 0. The number of ether oxygens (including phenoxy) is 1. The predicted molar refractivity (Wildman–Crippen MR) is 87.8 cm³/mol. The molecule has 0 radical (unpaired) electrons. The minimum atomic E-state index is 0.568. The van der Waals surface area contributed by atoms with E-state index in [2.05, 4.69) is 27.3 Å². The minimum absolute atomic E-state index is 0.568. The van der Waals surface area contributed by atoms with Gasteiger partial charge in [-0.3, -0.25) is 0 Å². The zero-order chi connectivity index (χ0) is 15.4. The van der Waals surface area contributed by atoms with Crippen molar-refractivity contribution in [2.75, 3.05) is 11.9 Å².